The summed E-state index contributed by atoms with van der Waals surface area (Å²) >= 11 is 0. The lowest BCUT2D eigenvalue weighted by atomic mass is 10.2. The van der Waals surface area contributed by atoms with Crippen LogP contribution in [0, 0.1) is 5.82 Å². The van der Waals surface area contributed by atoms with Gasteiger partial charge in [-0.3, -0.25) is 4.79 Å². The summed E-state index contributed by atoms with van der Waals surface area (Å²) in [4.78, 5) is 11.4. The molecule has 1 amide bonds. The summed E-state index contributed by atoms with van der Waals surface area (Å²) in [6, 6.07) is 14.9. The number of carbonyl (C=O) groups excluding carboxylic acids is 1. The molecule has 2 rings (SSSR count). The first-order valence-corrected chi connectivity index (χ1v) is 5.99. The number of hydrogen-bond acceptors (Lipinski definition) is 3. The molecule has 5 heteroatoms. The van der Waals surface area contributed by atoms with Crippen LogP contribution in [-0.4, -0.2) is 18.7 Å². The third-order valence-electron chi connectivity index (χ3n) is 2.36. The van der Waals surface area contributed by atoms with Gasteiger partial charge in [-0.15, -0.1) is 0 Å². The van der Waals surface area contributed by atoms with Crippen LogP contribution in [0.5, 0.6) is 5.75 Å². The van der Waals surface area contributed by atoms with Gasteiger partial charge in [-0.2, -0.15) is 5.10 Å². The van der Waals surface area contributed by atoms with Crippen molar-refractivity contribution in [3.63, 3.8) is 0 Å². The normalized spacial score (nSPS) is 10.4. The van der Waals surface area contributed by atoms with Crippen LogP contribution < -0.4 is 10.2 Å². The Morgan fingerprint density at radius 2 is 2.00 bits per heavy atom. The van der Waals surface area contributed by atoms with E-state index < -0.39 is 0 Å². The van der Waals surface area contributed by atoms with E-state index in [0.717, 1.165) is 0 Å². The van der Waals surface area contributed by atoms with Crippen molar-refractivity contribution in [1.29, 1.82) is 0 Å². The molecule has 1 N–H and O–H groups in total. The summed E-state index contributed by atoms with van der Waals surface area (Å²) in [5.41, 5.74) is 2.87. The van der Waals surface area contributed by atoms with Crippen molar-refractivity contribution in [2.24, 2.45) is 5.10 Å². The van der Waals surface area contributed by atoms with Crippen molar-refractivity contribution in [3.8, 4) is 5.75 Å². The molecule has 0 fully saturated rings. The van der Waals surface area contributed by atoms with Gasteiger partial charge in [-0.25, -0.2) is 9.82 Å². The number of hydrazone groups is 1. The molecule has 0 aliphatic heterocycles. The van der Waals surface area contributed by atoms with Crippen molar-refractivity contribution < 1.29 is 13.9 Å². The topological polar surface area (TPSA) is 50.7 Å². The molecule has 0 saturated heterocycles. The monoisotopic (exact) mass is 272 g/mol. The average molecular weight is 272 g/mol. The summed E-state index contributed by atoms with van der Waals surface area (Å²) < 4.78 is 18.1. The van der Waals surface area contributed by atoms with E-state index in [1.54, 1.807) is 24.3 Å². The molecule has 2 aromatic rings. The van der Waals surface area contributed by atoms with Crippen LogP contribution >= 0.6 is 0 Å². The third-order valence-corrected chi connectivity index (χ3v) is 2.36. The van der Waals surface area contributed by atoms with Gasteiger partial charge >= 0.3 is 0 Å². The van der Waals surface area contributed by atoms with Crippen molar-refractivity contribution in [1.82, 2.24) is 5.43 Å². The zero-order valence-electron chi connectivity index (χ0n) is 10.6. The molecule has 0 aromatic heterocycles. The molecule has 0 heterocycles. The number of rotatable bonds is 5. The second kappa shape index (κ2) is 7.04. The lowest BCUT2D eigenvalue weighted by Gasteiger charge is -2.04. The van der Waals surface area contributed by atoms with Gasteiger partial charge in [0.2, 0.25) is 0 Å². The second-order valence-corrected chi connectivity index (χ2v) is 3.95. The minimum absolute atomic E-state index is 0.134. The van der Waals surface area contributed by atoms with Crippen molar-refractivity contribution >= 4 is 12.1 Å². The van der Waals surface area contributed by atoms with E-state index in [1.807, 2.05) is 18.2 Å². The zero-order chi connectivity index (χ0) is 14.2. The molecule has 0 aliphatic carbocycles. The van der Waals surface area contributed by atoms with Crippen molar-refractivity contribution in [2.45, 2.75) is 0 Å². The van der Waals surface area contributed by atoms with Gasteiger partial charge in [-0.05, 0) is 29.8 Å². The Bertz CT molecular complexity index is 600. The Labute approximate surface area is 115 Å². The smallest absolute Gasteiger partial charge is 0.277 e. The van der Waals surface area contributed by atoms with Crippen molar-refractivity contribution in [2.75, 3.05) is 6.61 Å². The van der Waals surface area contributed by atoms with Crippen LogP contribution in [0.2, 0.25) is 0 Å². The second-order valence-electron chi connectivity index (χ2n) is 3.95. The Morgan fingerprint density at radius 1 is 1.20 bits per heavy atom. The van der Waals surface area contributed by atoms with Gasteiger partial charge in [0.1, 0.15) is 11.6 Å². The molecular formula is C15H13FN2O2. The van der Waals surface area contributed by atoms with E-state index in [4.69, 9.17) is 4.74 Å². The van der Waals surface area contributed by atoms with Gasteiger partial charge in [0.05, 0.1) is 6.21 Å². The van der Waals surface area contributed by atoms with Gasteiger partial charge in [0.25, 0.3) is 5.91 Å². The Hall–Kier alpha value is -2.69. The third kappa shape index (κ3) is 4.53. The van der Waals surface area contributed by atoms with Crippen LogP contribution in [-0.2, 0) is 4.79 Å². The molecule has 0 spiro atoms. The van der Waals surface area contributed by atoms with E-state index in [2.05, 4.69) is 10.5 Å². The number of benzene rings is 2. The van der Waals surface area contributed by atoms with Crippen LogP contribution in [0.3, 0.4) is 0 Å². The highest BCUT2D eigenvalue weighted by Gasteiger charge is 2.00. The molecule has 0 radical (unpaired) electrons. The maximum atomic E-state index is 12.9. The molecule has 102 valence electrons. The van der Waals surface area contributed by atoms with Crippen LogP contribution in [0.15, 0.2) is 59.7 Å². The Balaban J connectivity index is 1.78. The fraction of sp³-hybridized carbons (Fsp3) is 0.0667. The Kier molecular flexibility index (Phi) is 4.83. The van der Waals surface area contributed by atoms with Gasteiger partial charge in [0, 0.05) is 0 Å². The minimum Gasteiger partial charge on any atom is -0.484 e. The predicted molar refractivity (Wildman–Crippen MR) is 74.1 cm³/mol. The SMILES string of the molecule is O=C(COc1ccccc1)N/N=C/c1cccc(F)c1. The lowest BCUT2D eigenvalue weighted by molar-refractivity contribution is -0.123. The molecule has 20 heavy (non-hydrogen) atoms. The summed E-state index contributed by atoms with van der Waals surface area (Å²) in [5, 5.41) is 3.72. The summed E-state index contributed by atoms with van der Waals surface area (Å²) in [5.74, 6) is -0.133. The van der Waals surface area contributed by atoms with E-state index in [-0.39, 0.29) is 18.3 Å². The number of halogens is 1. The largest absolute Gasteiger partial charge is 0.484 e. The standard InChI is InChI=1S/C15H13FN2O2/c16-13-6-4-5-12(9-13)10-17-18-15(19)11-20-14-7-2-1-3-8-14/h1-10H,11H2,(H,18,19)/b17-10+. The predicted octanol–water partition coefficient (Wildman–Crippen LogP) is 2.35. The molecule has 0 atom stereocenters. The van der Waals surface area contributed by atoms with Crippen LogP contribution in [0.4, 0.5) is 4.39 Å². The molecule has 0 unspecified atom stereocenters. The maximum absolute atomic E-state index is 12.9. The molecule has 0 bridgehead atoms. The first-order chi connectivity index (χ1) is 9.74. The van der Waals surface area contributed by atoms with Gasteiger partial charge in [0.15, 0.2) is 6.61 Å². The molecule has 2 aromatic carbocycles. The number of carbonyl (C=O) groups is 1. The fourth-order valence-electron chi connectivity index (χ4n) is 1.46. The van der Waals surface area contributed by atoms with E-state index in [1.165, 1.54) is 18.3 Å². The highest BCUT2D eigenvalue weighted by molar-refractivity contribution is 5.82. The van der Waals surface area contributed by atoms with Gasteiger partial charge < -0.3 is 4.74 Å². The average Bonchev–Trinajstić information content (AvgIpc) is 2.46. The minimum atomic E-state index is -0.387. The quantitative estimate of drug-likeness (QED) is 0.671. The summed E-state index contributed by atoms with van der Waals surface area (Å²) in [6.45, 7) is -0.134. The zero-order valence-corrected chi connectivity index (χ0v) is 10.6. The molecule has 0 saturated carbocycles. The van der Waals surface area contributed by atoms with E-state index >= 15 is 0 Å². The lowest BCUT2D eigenvalue weighted by Crippen LogP contribution is -2.24. The molecular weight excluding hydrogens is 259 g/mol. The summed E-state index contributed by atoms with van der Waals surface area (Å²) in [7, 11) is 0. The Morgan fingerprint density at radius 3 is 2.75 bits per heavy atom. The van der Waals surface area contributed by atoms with Crippen LogP contribution in [0.25, 0.3) is 0 Å². The first-order valence-electron chi connectivity index (χ1n) is 5.99. The number of hydrogen-bond donors (Lipinski definition) is 1. The maximum Gasteiger partial charge on any atom is 0.277 e. The number of ether oxygens (including phenoxy) is 1. The fourth-order valence-corrected chi connectivity index (χ4v) is 1.46. The number of amides is 1. The van der Waals surface area contributed by atoms with Crippen LogP contribution in [0.1, 0.15) is 5.56 Å². The van der Waals surface area contributed by atoms with E-state index in [0.29, 0.717) is 11.3 Å². The van der Waals surface area contributed by atoms with E-state index in [9.17, 15) is 9.18 Å². The number of para-hydroxylation sites is 1. The molecule has 0 aliphatic rings. The first kappa shape index (κ1) is 13.7. The summed E-state index contributed by atoms with van der Waals surface area (Å²) in [6.07, 6.45) is 1.36. The number of nitrogens with one attached hydrogen (secondary N) is 1. The highest BCUT2D eigenvalue weighted by Crippen LogP contribution is 2.07. The van der Waals surface area contributed by atoms with Crippen molar-refractivity contribution in [3.05, 3.63) is 66.0 Å². The number of nitrogens with zero attached hydrogens (tertiary/aromatic N) is 1. The van der Waals surface area contributed by atoms with Gasteiger partial charge in [-0.1, -0.05) is 30.3 Å². The highest BCUT2D eigenvalue weighted by atomic mass is 19.1. The molecule has 4 nitrogen and oxygen atoms in total.